The molecule has 0 N–H and O–H groups in total. The monoisotopic (exact) mass is 680 g/mol. The van der Waals surface area contributed by atoms with E-state index in [0.717, 1.165) is 60.6 Å². The van der Waals surface area contributed by atoms with Crippen LogP contribution in [-0.2, 0) is 5.41 Å². The number of furan rings is 1. The van der Waals surface area contributed by atoms with E-state index in [0.29, 0.717) is 17.6 Å². The van der Waals surface area contributed by atoms with E-state index < -0.39 is 0 Å². The lowest BCUT2D eigenvalue weighted by atomic mass is 9.82. The highest BCUT2D eigenvalue weighted by Crippen LogP contribution is 2.51. The Morgan fingerprint density at radius 3 is 1.83 bits per heavy atom. The topological polar surface area (TPSA) is 56.7 Å². The fourth-order valence-corrected chi connectivity index (χ4v) is 8.42. The summed E-state index contributed by atoms with van der Waals surface area (Å²) < 4.78 is 8.74. The van der Waals surface area contributed by atoms with Crippen LogP contribution in [0.25, 0.3) is 94.7 Å². The van der Waals surface area contributed by atoms with Crippen LogP contribution in [-0.4, -0.2) is 19.5 Å². The lowest BCUT2D eigenvalue weighted by Crippen LogP contribution is -2.15. The molecular weight excluding hydrogens is 649 g/mol. The highest BCUT2D eigenvalue weighted by Gasteiger charge is 2.36. The first-order chi connectivity index (χ1) is 26.0. The summed E-state index contributed by atoms with van der Waals surface area (Å²) in [4.78, 5) is 15.5. The van der Waals surface area contributed by atoms with E-state index in [1.165, 1.54) is 27.6 Å². The van der Waals surface area contributed by atoms with Crippen LogP contribution in [0.2, 0.25) is 0 Å². The Labute approximate surface area is 305 Å². The molecular formula is C48H32N4O. The highest BCUT2D eigenvalue weighted by atomic mass is 16.3. The zero-order valence-corrected chi connectivity index (χ0v) is 29.2. The Kier molecular flexibility index (Phi) is 6.23. The molecule has 0 bridgehead atoms. The molecule has 0 unspecified atom stereocenters. The number of nitrogens with zero attached hydrogens (tertiary/aromatic N) is 4. The summed E-state index contributed by atoms with van der Waals surface area (Å²) in [6, 6.07) is 55.3. The number of hydrogen-bond acceptors (Lipinski definition) is 4. The van der Waals surface area contributed by atoms with E-state index in [2.05, 4.69) is 140 Å². The van der Waals surface area contributed by atoms with Gasteiger partial charge in [0, 0.05) is 38.1 Å². The first-order valence-electron chi connectivity index (χ1n) is 18.0. The minimum atomic E-state index is -0.148. The standard InChI is InChI=1S/C48H32N4O/c1-48(2)39-19-11-9-17-33(39)37-27-38-34-18-10-12-20-41(34)52(42(38)28-40(37)48)47-50-45(30-15-7-4-8-16-30)49-46(51-47)32-22-24-36-35-23-21-31(29-13-5-3-6-14-29)25-43(35)53-44(36)26-32/h3-28H,1-2H3. The summed E-state index contributed by atoms with van der Waals surface area (Å²) in [5, 5.41) is 4.47. The number of fused-ring (bicyclic) bond motifs is 9. The third-order valence-corrected chi connectivity index (χ3v) is 11.1. The van der Waals surface area contributed by atoms with Crippen molar-refractivity contribution in [1.82, 2.24) is 19.5 Å². The Morgan fingerprint density at radius 1 is 0.434 bits per heavy atom. The average molecular weight is 681 g/mol. The van der Waals surface area contributed by atoms with Gasteiger partial charge in [0.2, 0.25) is 5.95 Å². The number of benzene rings is 7. The van der Waals surface area contributed by atoms with Crippen molar-refractivity contribution in [3.63, 3.8) is 0 Å². The number of aromatic nitrogens is 4. The SMILES string of the molecule is CC1(C)c2ccccc2-c2cc3c4ccccc4n(-c4nc(-c5ccccc5)nc(-c5ccc6c(c5)oc5cc(-c7ccccc7)ccc56)n4)c3cc21. The van der Waals surface area contributed by atoms with Crippen molar-refractivity contribution in [3.8, 4) is 51.0 Å². The van der Waals surface area contributed by atoms with Crippen molar-refractivity contribution < 1.29 is 4.42 Å². The molecule has 7 aromatic carbocycles. The van der Waals surface area contributed by atoms with Crippen LogP contribution in [0.4, 0.5) is 0 Å². The summed E-state index contributed by atoms with van der Waals surface area (Å²) in [6.07, 6.45) is 0. The lowest BCUT2D eigenvalue weighted by Gasteiger charge is -2.21. The van der Waals surface area contributed by atoms with Gasteiger partial charge in [-0.05, 0) is 75.8 Å². The lowest BCUT2D eigenvalue weighted by molar-refractivity contribution is 0.661. The maximum atomic E-state index is 6.52. The van der Waals surface area contributed by atoms with Crippen molar-refractivity contribution in [2.45, 2.75) is 19.3 Å². The van der Waals surface area contributed by atoms with Gasteiger partial charge >= 0.3 is 0 Å². The quantitative estimate of drug-likeness (QED) is 0.186. The van der Waals surface area contributed by atoms with Crippen molar-refractivity contribution in [1.29, 1.82) is 0 Å². The van der Waals surface area contributed by atoms with Gasteiger partial charge in [0.05, 0.1) is 11.0 Å². The predicted molar refractivity (Wildman–Crippen MR) is 215 cm³/mol. The first-order valence-corrected chi connectivity index (χ1v) is 18.0. The van der Waals surface area contributed by atoms with Gasteiger partial charge in [-0.15, -0.1) is 0 Å². The summed E-state index contributed by atoms with van der Waals surface area (Å²) in [6.45, 7) is 4.64. The normalized spacial score (nSPS) is 13.2. The smallest absolute Gasteiger partial charge is 0.238 e. The molecule has 5 heteroatoms. The molecule has 250 valence electrons. The molecule has 10 aromatic rings. The van der Waals surface area contributed by atoms with Gasteiger partial charge in [-0.25, -0.2) is 4.98 Å². The molecule has 11 rings (SSSR count). The number of para-hydroxylation sites is 1. The summed E-state index contributed by atoms with van der Waals surface area (Å²) in [7, 11) is 0. The van der Waals surface area contributed by atoms with Crippen LogP contribution >= 0.6 is 0 Å². The highest BCUT2D eigenvalue weighted by molar-refractivity contribution is 6.11. The molecule has 0 atom stereocenters. The van der Waals surface area contributed by atoms with E-state index in [1.807, 2.05) is 36.4 Å². The van der Waals surface area contributed by atoms with Crippen molar-refractivity contribution in [2.75, 3.05) is 0 Å². The predicted octanol–water partition coefficient (Wildman–Crippen LogP) is 12.2. The van der Waals surface area contributed by atoms with Crippen LogP contribution in [0, 0.1) is 0 Å². The van der Waals surface area contributed by atoms with E-state index in [-0.39, 0.29) is 5.41 Å². The molecule has 0 saturated heterocycles. The Balaban J connectivity index is 1.13. The van der Waals surface area contributed by atoms with Crippen LogP contribution < -0.4 is 0 Å². The average Bonchev–Trinajstić information content (AvgIpc) is 3.82. The van der Waals surface area contributed by atoms with Gasteiger partial charge in [-0.2, -0.15) is 9.97 Å². The minimum Gasteiger partial charge on any atom is -0.456 e. The third-order valence-electron chi connectivity index (χ3n) is 11.1. The second-order valence-electron chi connectivity index (χ2n) is 14.5. The first kappa shape index (κ1) is 29.8. The van der Waals surface area contributed by atoms with Gasteiger partial charge in [0.1, 0.15) is 11.2 Å². The van der Waals surface area contributed by atoms with Crippen molar-refractivity contribution in [2.24, 2.45) is 0 Å². The zero-order chi connectivity index (χ0) is 35.3. The maximum absolute atomic E-state index is 6.52. The molecule has 0 saturated carbocycles. The van der Waals surface area contributed by atoms with Gasteiger partial charge in [0.15, 0.2) is 11.6 Å². The van der Waals surface area contributed by atoms with Crippen LogP contribution in [0.5, 0.6) is 0 Å². The number of rotatable bonds is 4. The van der Waals surface area contributed by atoms with Crippen LogP contribution in [0.3, 0.4) is 0 Å². The zero-order valence-electron chi connectivity index (χ0n) is 29.2. The maximum Gasteiger partial charge on any atom is 0.238 e. The van der Waals surface area contributed by atoms with Crippen LogP contribution in [0.1, 0.15) is 25.0 Å². The molecule has 0 fully saturated rings. The fraction of sp³-hybridized carbons (Fsp3) is 0.0625. The molecule has 3 aromatic heterocycles. The molecule has 0 aliphatic heterocycles. The van der Waals surface area contributed by atoms with E-state index in [4.69, 9.17) is 19.4 Å². The van der Waals surface area contributed by atoms with Gasteiger partial charge in [-0.3, -0.25) is 4.57 Å². The van der Waals surface area contributed by atoms with Gasteiger partial charge in [0.25, 0.3) is 0 Å². The molecule has 0 amide bonds. The Hall–Kier alpha value is -6.85. The van der Waals surface area contributed by atoms with E-state index >= 15 is 0 Å². The van der Waals surface area contributed by atoms with Crippen molar-refractivity contribution in [3.05, 3.63) is 169 Å². The Bertz CT molecular complexity index is 3080. The second-order valence-corrected chi connectivity index (χ2v) is 14.5. The Morgan fingerprint density at radius 2 is 1.06 bits per heavy atom. The van der Waals surface area contributed by atoms with Gasteiger partial charge in [-0.1, -0.05) is 129 Å². The fourth-order valence-electron chi connectivity index (χ4n) is 8.42. The molecule has 3 heterocycles. The molecule has 1 aliphatic rings. The second kappa shape index (κ2) is 11.1. The van der Waals surface area contributed by atoms with E-state index in [9.17, 15) is 0 Å². The summed E-state index contributed by atoms with van der Waals surface area (Å²) in [5.41, 5.74) is 12.9. The summed E-state index contributed by atoms with van der Waals surface area (Å²) in [5.74, 6) is 1.77. The van der Waals surface area contributed by atoms with Crippen LogP contribution in [0.15, 0.2) is 162 Å². The van der Waals surface area contributed by atoms with E-state index in [1.54, 1.807) is 0 Å². The van der Waals surface area contributed by atoms with Crippen molar-refractivity contribution >= 4 is 43.7 Å². The summed E-state index contributed by atoms with van der Waals surface area (Å²) >= 11 is 0. The largest absolute Gasteiger partial charge is 0.456 e. The minimum absolute atomic E-state index is 0.148. The molecule has 5 nitrogen and oxygen atoms in total. The molecule has 0 spiro atoms. The third kappa shape index (κ3) is 4.47. The molecule has 53 heavy (non-hydrogen) atoms. The molecule has 1 aliphatic carbocycles. The molecule has 0 radical (unpaired) electrons. The van der Waals surface area contributed by atoms with Gasteiger partial charge < -0.3 is 4.42 Å². The number of hydrogen-bond donors (Lipinski definition) is 0.